The molecule has 0 amide bonds. The lowest BCUT2D eigenvalue weighted by Crippen LogP contribution is -2.32. The third kappa shape index (κ3) is 3.23. The smallest absolute Gasteiger partial charge is 0.140 e. The molecule has 0 aliphatic carbocycles. The second kappa shape index (κ2) is 5.71. The third-order valence-electron chi connectivity index (χ3n) is 3.21. The Morgan fingerprint density at radius 3 is 3.05 bits per heavy atom. The molecule has 0 radical (unpaired) electrons. The summed E-state index contributed by atoms with van der Waals surface area (Å²) < 4.78 is 2.00. The van der Waals surface area contributed by atoms with Crippen LogP contribution in [0.1, 0.15) is 19.0 Å². The number of nitrogens with zero attached hydrogens (tertiary/aromatic N) is 4. The molecule has 0 aliphatic rings. The summed E-state index contributed by atoms with van der Waals surface area (Å²) in [6.07, 6.45) is 4.52. The first-order valence-electron chi connectivity index (χ1n) is 6.19. The number of rotatable bonds is 5. The number of nitrogens with two attached hydrogens (primary N) is 1. The van der Waals surface area contributed by atoms with Crippen molar-refractivity contribution < 1.29 is 5.21 Å². The van der Waals surface area contributed by atoms with Crippen molar-refractivity contribution in [2.24, 2.45) is 10.9 Å². The highest BCUT2D eigenvalue weighted by Crippen LogP contribution is 2.10. The zero-order chi connectivity index (χ0) is 13.8. The molecule has 6 heteroatoms. The fraction of sp³-hybridized carbons (Fsp3) is 0.385. The number of fused-ring (bicyclic) bond motifs is 1. The molecule has 0 aromatic carbocycles. The monoisotopic (exact) mass is 261 g/mol. The average Bonchev–Trinajstić information content (AvgIpc) is 2.80. The highest BCUT2D eigenvalue weighted by Gasteiger charge is 2.13. The highest BCUT2D eigenvalue weighted by atomic mass is 16.4. The Hall–Kier alpha value is -2.08. The lowest BCUT2D eigenvalue weighted by atomic mass is 10.2. The van der Waals surface area contributed by atoms with Gasteiger partial charge in [0.25, 0.3) is 0 Å². The molecule has 2 aromatic heterocycles. The predicted octanol–water partition coefficient (Wildman–Crippen LogP) is 1.29. The van der Waals surface area contributed by atoms with Gasteiger partial charge in [0.05, 0.1) is 5.69 Å². The minimum absolute atomic E-state index is 0.181. The quantitative estimate of drug-likeness (QED) is 0.368. The second-order valence-electron chi connectivity index (χ2n) is 4.76. The molecule has 3 N–H and O–H groups in total. The molecule has 0 saturated carbocycles. The van der Waals surface area contributed by atoms with Crippen molar-refractivity contribution in [3.05, 3.63) is 36.3 Å². The molecule has 2 rings (SSSR count). The van der Waals surface area contributed by atoms with Crippen molar-refractivity contribution in [2.45, 2.75) is 25.9 Å². The van der Waals surface area contributed by atoms with E-state index in [2.05, 4.69) is 15.0 Å². The summed E-state index contributed by atoms with van der Waals surface area (Å²) in [5.74, 6) is 0.245. The topological polar surface area (TPSA) is 79.2 Å². The molecule has 2 aromatic rings. The first-order valence-corrected chi connectivity index (χ1v) is 6.19. The fourth-order valence-corrected chi connectivity index (χ4v) is 1.97. The van der Waals surface area contributed by atoms with E-state index in [9.17, 15) is 0 Å². The van der Waals surface area contributed by atoms with E-state index in [0.29, 0.717) is 6.42 Å². The molecule has 6 nitrogen and oxygen atoms in total. The minimum atomic E-state index is 0.181. The molecule has 0 spiro atoms. The maximum atomic E-state index is 8.58. The summed E-state index contributed by atoms with van der Waals surface area (Å²) in [4.78, 5) is 6.67. The van der Waals surface area contributed by atoms with Crippen molar-refractivity contribution in [2.75, 3.05) is 7.05 Å². The predicted molar refractivity (Wildman–Crippen MR) is 74.1 cm³/mol. The second-order valence-corrected chi connectivity index (χ2v) is 4.76. The van der Waals surface area contributed by atoms with Crippen LogP contribution < -0.4 is 5.73 Å². The Balaban J connectivity index is 2.03. The fourth-order valence-electron chi connectivity index (χ4n) is 1.97. The largest absolute Gasteiger partial charge is 0.409 e. The van der Waals surface area contributed by atoms with Crippen molar-refractivity contribution in [3.63, 3.8) is 0 Å². The number of amidine groups is 1. The van der Waals surface area contributed by atoms with Crippen LogP contribution in [-0.2, 0) is 6.54 Å². The van der Waals surface area contributed by atoms with Gasteiger partial charge in [-0.15, -0.1) is 0 Å². The summed E-state index contributed by atoms with van der Waals surface area (Å²) in [5, 5.41) is 11.6. The Bertz CT molecular complexity index is 544. The lowest BCUT2D eigenvalue weighted by molar-refractivity contribution is 0.248. The van der Waals surface area contributed by atoms with Gasteiger partial charge in [-0.2, -0.15) is 0 Å². The van der Waals surface area contributed by atoms with Crippen LogP contribution >= 0.6 is 0 Å². The summed E-state index contributed by atoms with van der Waals surface area (Å²) in [6, 6.07) is 6.10. The van der Waals surface area contributed by atoms with Gasteiger partial charge in [-0.25, -0.2) is 4.98 Å². The highest BCUT2D eigenvalue weighted by molar-refractivity contribution is 5.80. The summed E-state index contributed by atoms with van der Waals surface area (Å²) >= 11 is 0. The first-order chi connectivity index (χ1) is 9.10. The standard InChI is InChI=1S/C13H19N5O/c1-10(7-12(14)16-19)17(2)8-11-9-18-6-4-3-5-13(18)15-11/h3-6,9-10,19H,7-8H2,1-2H3,(H2,14,16). The molecule has 1 unspecified atom stereocenters. The van der Waals surface area contributed by atoms with Crippen LogP contribution in [0.5, 0.6) is 0 Å². The van der Waals surface area contributed by atoms with Gasteiger partial charge in [0.2, 0.25) is 0 Å². The molecule has 0 saturated heterocycles. The molecular weight excluding hydrogens is 242 g/mol. The molecule has 0 aliphatic heterocycles. The number of pyridine rings is 1. The van der Waals surface area contributed by atoms with Gasteiger partial charge in [-0.05, 0) is 26.1 Å². The zero-order valence-electron chi connectivity index (χ0n) is 11.2. The van der Waals surface area contributed by atoms with E-state index in [1.165, 1.54) is 0 Å². The van der Waals surface area contributed by atoms with E-state index >= 15 is 0 Å². The first kappa shape index (κ1) is 13.4. The Labute approximate surface area is 112 Å². The molecule has 2 heterocycles. The number of hydrogen-bond acceptors (Lipinski definition) is 4. The molecule has 102 valence electrons. The van der Waals surface area contributed by atoms with E-state index in [1.807, 2.05) is 49.0 Å². The van der Waals surface area contributed by atoms with Crippen LogP contribution in [0.4, 0.5) is 0 Å². The van der Waals surface area contributed by atoms with Gasteiger partial charge < -0.3 is 15.3 Å². The summed E-state index contributed by atoms with van der Waals surface area (Å²) in [7, 11) is 2.00. The number of oxime groups is 1. The summed E-state index contributed by atoms with van der Waals surface area (Å²) in [5.41, 5.74) is 7.46. The number of imidazole rings is 1. The normalized spacial score (nSPS) is 14.2. The van der Waals surface area contributed by atoms with Crippen LogP contribution in [-0.4, -0.2) is 38.4 Å². The van der Waals surface area contributed by atoms with Crippen molar-refractivity contribution in [1.82, 2.24) is 14.3 Å². The van der Waals surface area contributed by atoms with Crippen molar-refractivity contribution in [1.29, 1.82) is 0 Å². The number of aromatic nitrogens is 2. The Morgan fingerprint density at radius 2 is 2.37 bits per heavy atom. The molecule has 1 atom stereocenters. The van der Waals surface area contributed by atoms with Gasteiger partial charge in [0.1, 0.15) is 11.5 Å². The van der Waals surface area contributed by atoms with Gasteiger partial charge in [0, 0.05) is 31.4 Å². The molecule has 0 fully saturated rings. The van der Waals surface area contributed by atoms with Gasteiger partial charge >= 0.3 is 0 Å². The van der Waals surface area contributed by atoms with E-state index in [-0.39, 0.29) is 11.9 Å². The number of hydrogen-bond donors (Lipinski definition) is 2. The molecule has 19 heavy (non-hydrogen) atoms. The van der Waals surface area contributed by atoms with Crippen LogP contribution in [0.25, 0.3) is 5.65 Å². The average molecular weight is 261 g/mol. The van der Waals surface area contributed by atoms with Gasteiger partial charge in [0.15, 0.2) is 0 Å². The van der Waals surface area contributed by atoms with Crippen LogP contribution in [0.15, 0.2) is 35.7 Å². The maximum Gasteiger partial charge on any atom is 0.140 e. The van der Waals surface area contributed by atoms with E-state index in [1.54, 1.807) is 0 Å². The van der Waals surface area contributed by atoms with Gasteiger partial charge in [-0.3, -0.25) is 4.90 Å². The van der Waals surface area contributed by atoms with Crippen LogP contribution in [0.3, 0.4) is 0 Å². The SMILES string of the molecule is CC(CC(N)=NO)N(C)Cc1cn2ccccc2n1. The third-order valence-corrected chi connectivity index (χ3v) is 3.21. The Morgan fingerprint density at radius 1 is 1.58 bits per heavy atom. The zero-order valence-corrected chi connectivity index (χ0v) is 11.2. The minimum Gasteiger partial charge on any atom is -0.409 e. The van der Waals surface area contributed by atoms with E-state index in [4.69, 9.17) is 10.9 Å². The van der Waals surface area contributed by atoms with Crippen molar-refractivity contribution >= 4 is 11.5 Å². The molecular formula is C13H19N5O. The van der Waals surface area contributed by atoms with Crippen molar-refractivity contribution in [3.8, 4) is 0 Å². The van der Waals surface area contributed by atoms with Gasteiger partial charge in [-0.1, -0.05) is 11.2 Å². The summed E-state index contributed by atoms with van der Waals surface area (Å²) in [6.45, 7) is 2.76. The van der Waals surface area contributed by atoms with Crippen LogP contribution in [0.2, 0.25) is 0 Å². The Kier molecular flexibility index (Phi) is 4.01. The lowest BCUT2D eigenvalue weighted by Gasteiger charge is -2.23. The van der Waals surface area contributed by atoms with E-state index < -0.39 is 0 Å². The van der Waals surface area contributed by atoms with E-state index in [0.717, 1.165) is 17.9 Å². The maximum absolute atomic E-state index is 8.58. The molecule has 0 bridgehead atoms. The van der Waals surface area contributed by atoms with Crippen LogP contribution in [0, 0.1) is 0 Å².